The molecular formula is C10H15N5O2S2. The molecule has 0 aliphatic carbocycles. The van der Waals surface area contributed by atoms with Crippen molar-refractivity contribution < 1.29 is 8.42 Å². The first kappa shape index (κ1) is 14.1. The summed E-state index contributed by atoms with van der Waals surface area (Å²) in [7, 11) is -1.86. The summed E-state index contributed by atoms with van der Waals surface area (Å²) >= 11 is 1.40. The molecule has 0 atom stereocenters. The molecule has 2 aromatic heterocycles. The van der Waals surface area contributed by atoms with Crippen molar-refractivity contribution in [2.24, 2.45) is 0 Å². The maximum absolute atomic E-state index is 12.2. The summed E-state index contributed by atoms with van der Waals surface area (Å²) in [6, 6.07) is 0. The highest BCUT2D eigenvalue weighted by molar-refractivity contribution is 7.89. The van der Waals surface area contributed by atoms with Crippen LogP contribution in [0, 0.1) is 6.92 Å². The predicted molar refractivity (Wildman–Crippen MR) is 72.2 cm³/mol. The second kappa shape index (κ2) is 5.78. The first-order valence-electron chi connectivity index (χ1n) is 5.60. The minimum atomic E-state index is -3.62. The van der Waals surface area contributed by atoms with Gasteiger partial charge in [-0.25, -0.2) is 13.1 Å². The molecule has 2 aromatic rings. The van der Waals surface area contributed by atoms with Gasteiger partial charge in [0.1, 0.15) is 0 Å². The van der Waals surface area contributed by atoms with Crippen LogP contribution in [0.4, 0.5) is 0 Å². The molecule has 0 saturated carbocycles. The van der Waals surface area contributed by atoms with Gasteiger partial charge >= 0.3 is 0 Å². The third-order valence-electron chi connectivity index (χ3n) is 2.56. The molecule has 104 valence electrons. The van der Waals surface area contributed by atoms with E-state index in [9.17, 15) is 8.42 Å². The molecule has 2 heterocycles. The van der Waals surface area contributed by atoms with E-state index in [2.05, 4.69) is 25.2 Å². The number of sulfonamides is 1. The van der Waals surface area contributed by atoms with Crippen molar-refractivity contribution in [2.45, 2.75) is 25.0 Å². The molecule has 0 aromatic carbocycles. The first-order valence-corrected chi connectivity index (χ1v) is 7.96. The fourth-order valence-electron chi connectivity index (χ4n) is 1.60. The molecule has 0 spiro atoms. The Bertz CT molecular complexity index is 633. The minimum Gasteiger partial charge on any atom is -0.316 e. The van der Waals surface area contributed by atoms with Crippen molar-refractivity contribution in [3.63, 3.8) is 0 Å². The molecule has 0 fully saturated rings. The van der Waals surface area contributed by atoms with E-state index in [1.807, 2.05) is 0 Å². The zero-order valence-electron chi connectivity index (χ0n) is 10.6. The highest BCUT2D eigenvalue weighted by Crippen LogP contribution is 2.16. The fourth-order valence-corrected chi connectivity index (χ4v) is 3.42. The Balaban J connectivity index is 2.19. The molecular weight excluding hydrogens is 286 g/mol. The molecule has 9 heteroatoms. The number of nitrogens with zero attached hydrogens (tertiary/aromatic N) is 2. The average Bonchev–Trinajstić information content (AvgIpc) is 2.99. The van der Waals surface area contributed by atoms with Crippen molar-refractivity contribution in [3.8, 4) is 0 Å². The Morgan fingerprint density at radius 3 is 2.84 bits per heavy atom. The Kier molecular flexibility index (Phi) is 4.30. The summed E-state index contributed by atoms with van der Waals surface area (Å²) in [5.74, 6) is 0. The molecule has 3 N–H and O–H groups in total. The average molecular weight is 301 g/mol. The smallest absolute Gasteiger partial charge is 0.260 e. The third-order valence-corrected chi connectivity index (χ3v) is 4.71. The number of H-pyrrole nitrogens is 1. The van der Waals surface area contributed by atoms with Crippen LogP contribution in [0.1, 0.15) is 16.1 Å². The van der Waals surface area contributed by atoms with Crippen molar-refractivity contribution in [1.82, 2.24) is 25.2 Å². The number of rotatable bonds is 6. The van der Waals surface area contributed by atoms with E-state index in [0.29, 0.717) is 12.1 Å². The fraction of sp³-hybridized carbons (Fsp3) is 0.400. The van der Waals surface area contributed by atoms with Crippen LogP contribution in [0.15, 0.2) is 16.7 Å². The SMILES string of the molecule is CNCc1c(S(=O)(=O)NCc2cncs2)n[nH]c1C. The summed E-state index contributed by atoms with van der Waals surface area (Å²) in [4.78, 5) is 4.75. The first-order chi connectivity index (χ1) is 9.04. The lowest BCUT2D eigenvalue weighted by Gasteiger charge is -2.05. The van der Waals surface area contributed by atoms with Crippen molar-refractivity contribution >= 4 is 21.4 Å². The van der Waals surface area contributed by atoms with E-state index in [1.165, 1.54) is 11.3 Å². The van der Waals surface area contributed by atoms with Crippen LogP contribution in [0.25, 0.3) is 0 Å². The van der Waals surface area contributed by atoms with Crippen LogP contribution in [-0.4, -0.2) is 30.6 Å². The Hall–Kier alpha value is -1.29. The number of aromatic nitrogens is 3. The summed E-state index contributed by atoms with van der Waals surface area (Å²) in [6.07, 6.45) is 1.64. The van der Waals surface area contributed by atoms with Gasteiger partial charge in [0.15, 0.2) is 5.03 Å². The maximum atomic E-state index is 12.2. The predicted octanol–water partition coefficient (Wildman–Crippen LogP) is 0.373. The lowest BCUT2D eigenvalue weighted by Crippen LogP contribution is -2.25. The van der Waals surface area contributed by atoms with Crippen molar-refractivity contribution in [1.29, 1.82) is 0 Å². The van der Waals surface area contributed by atoms with Gasteiger partial charge in [0.25, 0.3) is 10.0 Å². The number of aromatic amines is 1. The van der Waals surface area contributed by atoms with Gasteiger partial charge in [0.05, 0.1) is 5.51 Å². The van der Waals surface area contributed by atoms with Gasteiger partial charge in [0.2, 0.25) is 0 Å². The molecule has 0 radical (unpaired) electrons. The van der Waals surface area contributed by atoms with Gasteiger partial charge in [-0.15, -0.1) is 11.3 Å². The monoisotopic (exact) mass is 301 g/mol. The van der Waals surface area contributed by atoms with Gasteiger partial charge < -0.3 is 5.32 Å². The lowest BCUT2D eigenvalue weighted by molar-refractivity contribution is 0.575. The molecule has 0 aliphatic heterocycles. The number of hydrogen-bond donors (Lipinski definition) is 3. The van der Waals surface area contributed by atoms with Crippen LogP contribution >= 0.6 is 11.3 Å². The molecule has 2 rings (SSSR count). The zero-order chi connectivity index (χ0) is 13.9. The van der Waals surface area contributed by atoms with Crippen molar-refractivity contribution in [3.05, 3.63) is 27.8 Å². The number of thiazole rings is 1. The quantitative estimate of drug-likeness (QED) is 0.716. The number of aryl methyl sites for hydroxylation is 1. The Morgan fingerprint density at radius 2 is 2.21 bits per heavy atom. The summed E-state index contributed by atoms with van der Waals surface area (Å²) < 4.78 is 26.9. The molecule has 0 bridgehead atoms. The summed E-state index contributed by atoms with van der Waals surface area (Å²) in [6.45, 7) is 2.46. The van der Waals surface area contributed by atoms with Gasteiger partial charge in [0, 0.05) is 35.4 Å². The normalized spacial score (nSPS) is 11.9. The largest absolute Gasteiger partial charge is 0.316 e. The van der Waals surface area contributed by atoms with Crippen LogP contribution < -0.4 is 10.0 Å². The van der Waals surface area contributed by atoms with Crippen LogP contribution in [-0.2, 0) is 23.1 Å². The van der Waals surface area contributed by atoms with E-state index in [0.717, 1.165) is 10.6 Å². The summed E-state index contributed by atoms with van der Waals surface area (Å²) in [5.41, 5.74) is 3.06. The molecule has 0 aliphatic rings. The van der Waals surface area contributed by atoms with Gasteiger partial charge in [-0.05, 0) is 14.0 Å². The van der Waals surface area contributed by atoms with E-state index in [1.54, 1.807) is 25.7 Å². The summed E-state index contributed by atoms with van der Waals surface area (Å²) in [5, 5.41) is 9.56. The van der Waals surface area contributed by atoms with Gasteiger partial charge in [-0.1, -0.05) is 0 Å². The highest BCUT2D eigenvalue weighted by atomic mass is 32.2. The van der Waals surface area contributed by atoms with Crippen LogP contribution in [0.2, 0.25) is 0 Å². The van der Waals surface area contributed by atoms with E-state index >= 15 is 0 Å². The third kappa shape index (κ3) is 3.18. The number of nitrogens with one attached hydrogen (secondary N) is 3. The molecule has 0 saturated heterocycles. The van der Waals surface area contributed by atoms with Crippen molar-refractivity contribution in [2.75, 3.05) is 7.05 Å². The maximum Gasteiger partial charge on any atom is 0.260 e. The Labute approximate surface area is 115 Å². The van der Waals surface area contributed by atoms with E-state index < -0.39 is 10.0 Å². The molecule has 0 amide bonds. The Morgan fingerprint density at radius 1 is 1.42 bits per heavy atom. The second-order valence-electron chi connectivity index (χ2n) is 3.95. The molecule has 19 heavy (non-hydrogen) atoms. The zero-order valence-corrected chi connectivity index (χ0v) is 12.2. The lowest BCUT2D eigenvalue weighted by atomic mass is 10.3. The highest BCUT2D eigenvalue weighted by Gasteiger charge is 2.23. The van der Waals surface area contributed by atoms with Gasteiger partial charge in [-0.2, -0.15) is 5.10 Å². The molecule has 7 nitrogen and oxygen atoms in total. The standard InChI is InChI=1S/C10H15N5O2S2/c1-7-9(5-11-2)10(15-14-7)19(16,17)13-4-8-3-12-6-18-8/h3,6,11,13H,4-5H2,1-2H3,(H,14,15). The second-order valence-corrected chi connectivity index (χ2v) is 6.61. The van der Waals surface area contributed by atoms with Crippen LogP contribution in [0.5, 0.6) is 0 Å². The van der Waals surface area contributed by atoms with E-state index in [-0.39, 0.29) is 11.6 Å². The van der Waals surface area contributed by atoms with Gasteiger partial charge in [-0.3, -0.25) is 10.1 Å². The number of hydrogen-bond acceptors (Lipinski definition) is 6. The van der Waals surface area contributed by atoms with E-state index in [4.69, 9.17) is 0 Å². The van der Waals surface area contributed by atoms with Crippen LogP contribution in [0.3, 0.4) is 0 Å². The minimum absolute atomic E-state index is 0.0452. The topological polar surface area (TPSA) is 99.8 Å². The molecule has 0 unspecified atom stereocenters.